The summed E-state index contributed by atoms with van der Waals surface area (Å²) in [7, 11) is 0. The molecule has 2 aliphatic heterocycles. The maximum atomic E-state index is 6.00. The summed E-state index contributed by atoms with van der Waals surface area (Å²) in [6.45, 7) is 3.33. The van der Waals surface area contributed by atoms with E-state index in [1.165, 1.54) is 5.56 Å². The van der Waals surface area contributed by atoms with Crippen LogP contribution in [0, 0.1) is 0 Å². The molecular formula is C17H19N3OS. The van der Waals surface area contributed by atoms with Gasteiger partial charge in [-0.2, -0.15) is 0 Å². The van der Waals surface area contributed by atoms with E-state index in [0.29, 0.717) is 10.9 Å². The molecule has 0 amide bonds. The van der Waals surface area contributed by atoms with Gasteiger partial charge in [0, 0.05) is 61.2 Å². The molecule has 1 atom stereocenters. The van der Waals surface area contributed by atoms with Crippen molar-refractivity contribution in [1.82, 2.24) is 14.9 Å². The normalized spacial score (nSPS) is 23.4. The maximum absolute atomic E-state index is 6.00. The number of thioether (sulfide) groups is 1. The molecule has 22 heavy (non-hydrogen) atoms. The largest absolute Gasteiger partial charge is 0.473 e. The van der Waals surface area contributed by atoms with Gasteiger partial charge in [0.2, 0.25) is 5.88 Å². The Balaban J connectivity index is 1.29. The molecule has 2 fully saturated rings. The monoisotopic (exact) mass is 313 g/mol. The first kappa shape index (κ1) is 14.0. The van der Waals surface area contributed by atoms with Gasteiger partial charge in [-0.1, -0.05) is 6.07 Å². The van der Waals surface area contributed by atoms with Crippen molar-refractivity contribution in [2.45, 2.75) is 23.8 Å². The summed E-state index contributed by atoms with van der Waals surface area (Å²) >= 11 is 2.07. The molecule has 2 aromatic heterocycles. The predicted molar refractivity (Wildman–Crippen MR) is 88.0 cm³/mol. The van der Waals surface area contributed by atoms with Crippen LogP contribution >= 0.6 is 11.8 Å². The van der Waals surface area contributed by atoms with Crippen molar-refractivity contribution in [3.05, 3.63) is 54.5 Å². The van der Waals surface area contributed by atoms with Crippen molar-refractivity contribution in [2.24, 2.45) is 0 Å². The van der Waals surface area contributed by atoms with Crippen molar-refractivity contribution >= 4 is 11.8 Å². The van der Waals surface area contributed by atoms with E-state index < -0.39 is 0 Å². The van der Waals surface area contributed by atoms with Gasteiger partial charge in [-0.15, -0.1) is 11.8 Å². The minimum atomic E-state index is 0.294. The molecule has 0 saturated carbocycles. The smallest absolute Gasteiger partial charge is 0.213 e. The molecule has 4 heterocycles. The zero-order valence-electron chi connectivity index (χ0n) is 12.4. The lowest BCUT2D eigenvalue weighted by Crippen LogP contribution is -2.58. The summed E-state index contributed by atoms with van der Waals surface area (Å²) < 4.78 is 6.40. The van der Waals surface area contributed by atoms with E-state index in [-0.39, 0.29) is 0 Å². The van der Waals surface area contributed by atoms with Crippen LogP contribution in [0.1, 0.15) is 12.0 Å². The number of hydrogen-bond donors (Lipinski definition) is 0. The molecule has 0 unspecified atom stereocenters. The summed E-state index contributed by atoms with van der Waals surface area (Å²) in [5.74, 6) is 1.82. The van der Waals surface area contributed by atoms with Gasteiger partial charge < -0.3 is 4.74 Å². The fourth-order valence-corrected chi connectivity index (χ4v) is 4.89. The number of likely N-dealkylation sites (tertiary alicyclic amines) is 1. The van der Waals surface area contributed by atoms with Gasteiger partial charge in [-0.3, -0.25) is 9.88 Å². The van der Waals surface area contributed by atoms with Crippen molar-refractivity contribution in [3.8, 4) is 5.88 Å². The Labute approximate surface area is 134 Å². The quantitative estimate of drug-likeness (QED) is 0.867. The second-order valence-electron chi connectivity index (χ2n) is 6.11. The number of aromatic nitrogens is 2. The van der Waals surface area contributed by atoms with E-state index in [1.807, 2.05) is 30.6 Å². The molecule has 4 rings (SSSR count). The summed E-state index contributed by atoms with van der Waals surface area (Å²) in [6.07, 6.45) is 6.94. The topological polar surface area (TPSA) is 38.2 Å². The lowest BCUT2D eigenvalue weighted by molar-refractivity contribution is 0.0908. The molecule has 0 aliphatic carbocycles. The molecule has 2 aliphatic rings. The highest BCUT2D eigenvalue weighted by Crippen LogP contribution is 2.46. The van der Waals surface area contributed by atoms with E-state index in [4.69, 9.17) is 4.74 Å². The van der Waals surface area contributed by atoms with Crippen LogP contribution in [0.25, 0.3) is 0 Å². The Bertz CT molecular complexity index is 616. The lowest BCUT2D eigenvalue weighted by atomic mass is 9.92. The van der Waals surface area contributed by atoms with Gasteiger partial charge in [0.15, 0.2) is 0 Å². The van der Waals surface area contributed by atoms with Crippen molar-refractivity contribution in [1.29, 1.82) is 0 Å². The summed E-state index contributed by atoms with van der Waals surface area (Å²) in [5, 5.41) is 0. The Morgan fingerprint density at radius 1 is 1.18 bits per heavy atom. The average molecular weight is 313 g/mol. The van der Waals surface area contributed by atoms with Crippen LogP contribution in [-0.2, 0) is 6.54 Å². The highest BCUT2D eigenvalue weighted by atomic mass is 32.2. The van der Waals surface area contributed by atoms with Crippen molar-refractivity contribution in [2.75, 3.05) is 18.8 Å². The zero-order chi connectivity index (χ0) is 14.8. The third-order valence-corrected chi connectivity index (χ3v) is 5.86. The van der Waals surface area contributed by atoms with Gasteiger partial charge in [0.1, 0.15) is 6.10 Å². The summed E-state index contributed by atoms with van der Waals surface area (Å²) in [5.41, 5.74) is 1.34. The maximum Gasteiger partial charge on any atom is 0.213 e. The molecule has 2 saturated heterocycles. The summed E-state index contributed by atoms with van der Waals surface area (Å²) in [6, 6.07) is 10.0. The number of rotatable bonds is 4. The third-order valence-electron chi connectivity index (χ3n) is 4.28. The molecule has 0 aromatic carbocycles. The van der Waals surface area contributed by atoms with Crippen LogP contribution in [0.15, 0.2) is 48.9 Å². The minimum absolute atomic E-state index is 0.294. The Kier molecular flexibility index (Phi) is 3.76. The second-order valence-corrected chi connectivity index (χ2v) is 7.59. The molecule has 1 spiro atoms. The summed E-state index contributed by atoms with van der Waals surface area (Å²) in [4.78, 5) is 10.8. The lowest BCUT2D eigenvalue weighted by Gasteiger charge is -2.47. The number of pyridine rings is 2. The first-order valence-corrected chi connectivity index (χ1v) is 8.63. The van der Waals surface area contributed by atoms with Gasteiger partial charge >= 0.3 is 0 Å². The van der Waals surface area contributed by atoms with Crippen LogP contribution in [-0.4, -0.2) is 44.6 Å². The van der Waals surface area contributed by atoms with E-state index in [1.54, 1.807) is 6.20 Å². The second kappa shape index (κ2) is 5.89. The Morgan fingerprint density at radius 2 is 2.05 bits per heavy atom. The molecular weight excluding hydrogens is 294 g/mol. The van der Waals surface area contributed by atoms with Crippen LogP contribution in [0.2, 0.25) is 0 Å². The highest BCUT2D eigenvalue weighted by molar-refractivity contribution is 8.01. The fourth-order valence-electron chi connectivity index (χ4n) is 3.31. The number of hydrogen-bond acceptors (Lipinski definition) is 5. The molecule has 2 aromatic rings. The number of nitrogens with zero attached hydrogens (tertiary/aromatic N) is 3. The molecule has 114 valence electrons. The van der Waals surface area contributed by atoms with Gasteiger partial charge in [-0.25, -0.2) is 4.98 Å². The van der Waals surface area contributed by atoms with Crippen molar-refractivity contribution in [3.63, 3.8) is 0 Å². The SMILES string of the molecule is c1ccc(O[C@@H]2CSC3(C2)CN(Cc2ccncc2)C3)nc1. The van der Waals surface area contributed by atoms with E-state index in [9.17, 15) is 0 Å². The Hall–Kier alpha value is -1.59. The van der Waals surface area contributed by atoms with E-state index in [0.717, 1.165) is 37.7 Å². The van der Waals surface area contributed by atoms with Crippen LogP contribution < -0.4 is 4.74 Å². The fraction of sp³-hybridized carbons (Fsp3) is 0.412. The highest BCUT2D eigenvalue weighted by Gasteiger charge is 2.49. The van der Waals surface area contributed by atoms with Gasteiger partial charge in [-0.05, 0) is 23.8 Å². The average Bonchev–Trinajstić information content (AvgIpc) is 2.93. The number of ether oxygens (including phenoxy) is 1. The van der Waals surface area contributed by atoms with E-state index in [2.05, 4.69) is 38.8 Å². The predicted octanol–water partition coefficient (Wildman–Crippen LogP) is 2.62. The third kappa shape index (κ3) is 2.96. The molecule has 0 N–H and O–H groups in total. The van der Waals surface area contributed by atoms with E-state index >= 15 is 0 Å². The van der Waals surface area contributed by atoms with Crippen LogP contribution in [0.4, 0.5) is 0 Å². The van der Waals surface area contributed by atoms with Crippen LogP contribution in [0.5, 0.6) is 5.88 Å². The molecule has 0 bridgehead atoms. The molecule has 0 radical (unpaired) electrons. The van der Waals surface area contributed by atoms with Crippen molar-refractivity contribution < 1.29 is 4.74 Å². The minimum Gasteiger partial charge on any atom is -0.473 e. The zero-order valence-corrected chi connectivity index (χ0v) is 13.2. The standard InChI is InChI=1S/C17H19N3OS/c1-2-6-19-16(3-1)21-15-9-17(22-11-15)12-20(13-17)10-14-4-7-18-8-5-14/h1-8,15H,9-13H2/t15-/m0/s1. The molecule has 4 nitrogen and oxygen atoms in total. The van der Waals surface area contributed by atoms with Gasteiger partial charge in [0.25, 0.3) is 0 Å². The Morgan fingerprint density at radius 3 is 2.82 bits per heavy atom. The van der Waals surface area contributed by atoms with Crippen LogP contribution in [0.3, 0.4) is 0 Å². The first-order valence-electron chi connectivity index (χ1n) is 7.64. The first-order chi connectivity index (χ1) is 10.8. The van der Waals surface area contributed by atoms with Gasteiger partial charge in [0.05, 0.1) is 0 Å². The molecule has 5 heteroatoms.